The van der Waals surface area contributed by atoms with Crippen LogP contribution in [-0.4, -0.2) is 87.3 Å². The summed E-state index contributed by atoms with van der Waals surface area (Å²) < 4.78 is 16.7. The van der Waals surface area contributed by atoms with Crippen molar-refractivity contribution >= 4 is 29.3 Å². The quantitative estimate of drug-likeness (QED) is 0.224. The van der Waals surface area contributed by atoms with Crippen molar-refractivity contribution in [3.8, 4) is 0 Å². The van der Waals surface area contributed by atoms with Crippen LogP contribution in [0, 0.1) is 5.92 Å². The first-order valence-corrected chi connectivity index (χ1v) is 14.1. The summed E-state index contributed by atoms with van der Waals surface area (Å²) in [5.74, 6) is -0.578. The zero-order valence-electron chi connectivity index (χ0n) is 22.5. The fraction of sp³-hybridized carbons (Fsp3) is 0.643. The van der Waals surface area contributed by atoms with Gasteiger partial charge in [-0.3, -0.25) is 24.5 Å². The number of amides is 4. The van der Waals surface area contributed by atoms with Gasteiger partial charge in [0.1, 0.15) is 6.04 Å². The van der Waals surface area contributed by atoms with Crippen molar-refractivity contribution in [3.05, 3.63) is 29.3 Å². The van der Waals surface area contributed by atoms with E-state index in [4.69, 9.17) is 14.2 Å². The molecule has 1 aromatic carbocycles. The van der Waals surface area contributed by atoms with Crippen LogP contribution >= 0.6 is 0 Å². The SMILES string of the molecule is O=C1CCC(N2Cc3c(NCCOCCOCCOCCNC(=O)C4CCCCC4)cccc3C2=O)C(=O)N1. The van der Waals surface area contributed by atoms with E-state index in [-0.39, 0.29) is 30.1 Å². The number of anilines is 1. The third kappa shape index (κ3) is 8.23. The molecule has 2 heterocycles. The Morgan fingerprint density at radius 1 is 0.897 bits per heavy atom. The van der Waals surface area contributed by atoms with Gasteiger partial charge in [-0.05, 0) is 31.4 Å². The number of piperidine rings is 1. The number of carbonyl (C=O) groups excluding carboxylic acids is 4. The third-order valence-corrected chi connectivity index (χ3v) is 7.41. The van der Waals surface area contributed by atoms with Crippen molar-refractivity contribution in [2.45, 2.75) is 57.5 Å². The maximum atomic E-state index is 12.9. The Morgan fingerprint density at radius 2 is 1.59 bits per heavy atom. The Hall–Kier alpha value is -3.02. The maximum absolute atomic E-state index is 12.9. The van der Waals surface area contributed by atoms with Crippen molar-refractivity contribution in [1.29, 1.82) is 0 Å². The Kier molecular flexibility index (Phi) is 11.1. The minimum Gasteiger partial charge on any atom is -0.382 e. The summed E-state index contributed by atoms with van der Waals surface area (Å²) in [4.78, 5) is 50.2. The lowest BCUT2D eigenvalue weighted by Gasteiger charge is -2.29. The Morgan fingerprint density at radius 3 is 2.31 bits per heavy atom. The first-order valence-electron chi connectivity index (χ1n) is 14.1. The highest BCUT2D eigenvalue weighted by atomic mass is 16.5. The molecule has 1 saturated heterocycles. The van der Waals surface area contributed by atoms with Gasteiger partial charge in [0.2, 0.25) is 17.7 Å². The van der Waals surface area contributed by atoms with E-state index < -0.39 is 11.9 Å². The van der Waals surface area contributed by atoms with Gasteiger partial charge in [0.15, 0.2) is 0 Å². The van der Waals surface area contributed by atoms with Gasteiger partial charge in [-0.15, -0.1) is 0 Å². The van der Waals surface area contributed by atoms with Gasteiger partial charge in [-0.25, -0.2) is 0 Å². The number of imide groups is 1. The normalized spacial score (nSPS) is 19.6. The first-order chi connectivity index (χ1) is 19.0. The Labute approximate surface area is 229 Å². The summed E-state index contributed by atoms with van der Waals surface area (Å²) in [7, 11) is 0. The summed E-state index contributed by atoms with van der Waals surface area (Å²) >= 11 is 0. The second-order valence-corrected chi connectivity index (χ2v) is 10.1. The zero-order valence-corrected chi connectivity index (χ0v) is 22.5. The number of carbonyl (C=O) groups is 4. The predicted octanol–water partition coefficient (Wildman–Crippen LogP) is 1.61. The van der Waals surface area contributed by atoms with E-state index in [0.29, 0.717) is 71.3 Å². The molecule has 1 aliphatic carbocycles. The molecule has 0 aromatic heterocycles. The number of nitrogens with zero attached hydrogens (tertiary/aromatic N) is 1. The van der Waals surface area contributed by atoms with E-state index in [1.807, 2.05) is 12.1 Å². The number of rotatable bonds is 15. The van der Waals surface area contributed by atoms with Crippen molar-refractivity contribution in [3.63, 3.8) is 0 Å². The summed E-state index contributed by atoms with van der Waals surface area (Å²) in [5.41, 5.74) is 2.26. The van der Waals surface area contributed by atoms with Gasteiger partial charge < -0.3 is 29.7 Å². The third-order valence-electron chi connectivity index (χ3n) is 7.41. The molecule has 11 nitrogen and oxygen atoms in total. The molecule has 1 unspecified atom stereocenters. The van der Waals surface area contributed by atoms with Crippen molar-refractivity contribution < 1.29 is 33.4 Å². The highest BCUT2D eigenvalue weighted by molar-refractivity contribution is 6.06. The van der Waals surface area contributed by atoms with E-state index in [1.165, 1.54) is 6.42 Å². The standard InChI is InChI=1S/C28H40N4O7/c33-25-10-9-24(27(35)31-25)32-19-22-21(28(32)36)7-4-8-23(22)29-11-13-37-15-17-39-18-16-38-14-12-30-26(34)20-5-2-1-3-6-20/h4,7-8,20,24,29H,1-3,5-6,9-19H2,(H,30,34)(H,31,33,35). The fourth-order valence-electron chi connectivity index (χ4n) is 5.31. The number of nitrogens with one attached hydrogen (secondary N) is 3. The summed E-state index contributed by atoms with van der Waals surface area (Å²) in [6.45, 7) is 4.19. The highest BCUT2D eigenvalue weighted by Gasteiger charge is 2.39. The van der Waals surface area contributed by atoms with E-state index in [0.717, 1.165) is 36.9 Å². The molecule has 39 heavy (non-hydrogen) atoms. The topological polar surface area (TPSA) is 135 Å². The monoisotopic (exact) mass is 544 g/mol. The maximum Gasteiger partial charge on any atom is 0.255 e. The molecule has 0 spiro atoms. The largest absolute Gasteiger partial charge is 0.382 e. The molecule has 4 rings (SSSR count). The van der Waals surface area contributed by atoms with E-state index in [1.54, 1.807) is 11.0 Å². The first kappa shape index (κ1) is 29.0. The molecule has 1 atom stereocenters. The van der Waals surface area contributed by atoms with Gasteiger partial charge >= 0.3 is 0 Å². The molecule has 3 N–H and O–H groups in total. The molecule has 1 saturated carbocycles. The average Bonchev–Trinajstić information content (AvgIpc) is 3.28. The van der Waals surface area contributed by atoms with Crippen molar-refractivity contribution in [1.82, 2.24) is 15.5 Å². The van der Waals surface area contributed by atoms with Gasteiger partial charge in [-0.1, -0.05) is 25.3 Å². The molecule has 2 fully saturated rings. The van der Waals surface area contributed by atoms with Crippen LogP contribution in [0.1, 0.15) is 60.9 Å². The summed E-state index contributed by atoms with van der Waals surface area (Å²) in [6.07, 6.45) is 6.11. The van der Waals surface area contributed by atoms with Crippen LogP contribution < -0.4 is 16.0 Å². The lowest BCUT2D eigenvalue weighted by molar-refractivity contribution is -0.137. The lowest BCUT2D eigenvalue weighted by atomic mass is 9.89. The Bertz CT molecular complexity index is 1010. The number of benzene rings is 1. The summed E-state index contributed by atoms with van der Waals surface area (Å²) in [5, 5.41) is 8.60. The minimum absolute atomic E-state index is 0.153. The van der Waals surface area contributed by atoms with Crippen LogP contribution in [0.2, 0.25) is 0 Å². The van der Waals surface area contributed by atoms with E-state index >= 15 is 0 Å². The van der Waals surface area contributed by atoms with Crippen molar-refractivity contribution in [2.75, 3.05) is 58.0 Å². The molecule has 3 aliphatic rings. The lowest BCUT2D eigenvalue weighted by Crippen LogP contribution is -2.52. The van der Waals surface area contributed by atoms with Crippen LogP contribution in [-0.2, 0) is 35.1 Å². The number of ether oxygens (including phenoxy) is 3. The molecule has 11 heteroatoms. The number of fused-ring (bicyclic) bond motifs is 1. The second kappa shape index (κ2) is 14.9. The highest BCUT2D eigenvalue weighted by Crippen LogP contribution is 2.32. The van der Waals surface area contributed by atoms with Crippen LogP contribution in [0.5, 0.6) is 0 Å². The van der Waals surface area contributed by atoms with Crippen LogP contribution in [0.25, 0.3) is 0 Å². The predicted molar refractivity (Wildman–Crippen MR) is 143 cm³/mol. The van der Waals surface area contributed by atoms with E-state index in [2.05, 4.69) is 16.0 Å². The molecule has 2 aliphatic heterocycles. The number of hydrogen-bond donors (Lipinski definition) is 3. The smallest absolute Gasteiger partial charge is 0.255 e. The fourth-order valence-corrected chi connectivity index (χ4v) is 5.31. The van der Waals surface area contributed by atoms with Crippen molar-refractivity contribution in [2.24, 2.45) is 5.92 Å². The van der Waals surface area contributed by atoms with Gasteiger partial charge in [0.05, 0.1) is 39.6 Å². The van der Waals surface area contributed by atoms with Gasteiger partial charge in [-0.2, -0.15) is 0 Å². The second-order valence-electron chi connectivity index (χ2n) is 10.1. The van der Waals surface area contributed by atoms with Gasteiger partial charge in [0.25, 0.3) is 5.91 Å². The molecule has 214 valence electrons. The molecular weight excluding hydrogens is 504 g/mol. The van der Waals surface area contributed by atoms with Crippen LogP contribution in [0.4, 0.5) is 5.69 Å². The summed E-state index contributed by atoms with van der Waals surface area (Å²) in [6, 6.07) is 4.86. The minimum atomic E-state index is -0.628. The van der Waals surface area contributed by atoms with E-state index in [9.17, 15) is 19.2 Å². The Balaban J connectivity index is 1.03. The average molecular weight is 545 g/mol. The molecule has 0 radical (unpaired) electrons. The zero-order chi connectivity index (χ0) is 27.5. The van der Waals surface area contributed by atoms with Crippen LogP contribution in [0.15, 0.2) is 18.2 Å². The molecule has 0 bridgehead atoms. The van der Waals surface area contributed by atoms with Crippen LogP contribution in [0.3, 0.4) is 0 Å². The number of hydrogen-bond acceptors (Lipinski definition) is 8. The molecular formula is C28H40N4O7. The van der Waals surface area contributed by atoms with Gasteiger partial charge in [0, 0.05) is 48.8 Å². The molecule has 4 amide bonds. The molecule has 1 aromatic rings.